The van der Waals surface area contributed by atoms with E-state index in [1.165, 1.54) is 24.2 Å². The Morgan fingerprint density at radius 1 is 1.03 bits per heavy atom. The van der Waals surface area contributed by atoms with E-state index in [1.54, 1.807) is 37.5 Å². The number of ether oxygens (including phenoxy) is 2. The number of halogens is 2. The molecule has 174 valence electrons. The summed E-state index contributed by atoms with van der Waals surface area (Å²) < 4.78 is 11.4. The van der Waals surface area contributed by atoms with Crippen LogP contribution in [0, 0.1) is 5.92 Å². The number of carbonyl (C=O) groups excluding carboxylic acids is 2. The Balaban J connectivity index is 1.44. The molecule has 5 nitrogen and oxygen atoms in total. The zero-order valence-corrected chi connectivity index (χ0v) is 20.6. The molecule has 2 aromatic rings. The number of imide groups is 1. The number of nitrogens with zero attached hydrogens (tertiary/aromatic N) is 1. The fraction of sp³-hybridized carbons (Fsp3) is 0.360. The molecule has 2 fully saturated rings. The van der Waals surface area contributed by atoms with Crippen LogP contribution in [0.1, 0.15) is 43.2 Å². The third kappa shape index (κ3) is 5.86. The number of hydrogen-bond acceptors (Lipinski definition) is 5. The van der Waals surface area contributed by atoms with E-state index < -0.39 is 0 Å². The van der Waals surface area contributed by atoms with Gasteiger partial charge in [-0.2, -0.15) is 0 Å². The molecule has 1 aliphatic heterocycles. The van der Waals surface area contributed by atoms with Crippen molar-refractivity contribution in [2.24, 2.45) is 5.92 Å². The van der Waals surface area contributed by atoms with Crippen molar-refractivity contribution in [3.05, 3.63) is 62.5 Å². The first-order chi connectivity index (χ1) is 15.9. The lowest BCUT2D eigenvalue weighted by Crippen LogP contribution is -2.34. The molecule has 0 atom stereocenters. The first-order valence-electron chi connectivity index (χ1n) is 10.9. The van der Waals surface area contributed by atoms with Crippen LogP contribution in [0.4, 0.5) is 4.79 Å². The molecule has 2 amide bonds. The molecule has 4 rings (SSSR count). The zero-order valence-electron chi connectivity index (χ0n) is 18.3. The number of amides is 2. The first kappa shape index (κ1) is 24.0. The second-order valence-electron chi connectivity index (χ2n) is 8.24. The molecule has 0 radical (unpaired) electrons. The van der Waals surface area contributed by atoms with Crippen LogP contribution >= 0.6 is 35.0 Å². The van der Waals surface area contributed by atoms with E-state index in [9.17, 15) is 9.59 Å². The lowest BCUT2D eigenvalue weighted by Gasteiger charge is -2.25. The van der Waals surface area contributed by atoms with Gasteiger partial charge in [-0.1, -0.05) is 54.6 Å². The van der Waals surface area contributed by atoms with Gasteiger partial charge in [0, 0.05) is 6.54 Å². The maximum Gasteiger partial charge on any atom is 0.293 e. The Morgan fingerprint density at radius 3 is 2.55 bits per heavy atom. The zero-order chi connectivity index (χ0) is 23.4. The summed E-state index contributed by atoms with van der Waals surface area (Å²) in [4.78, 5) is 27.2. The highest BCUT2D eigenvalue weighted by atomic mass is 35.5. The van der Waals surface area contributed by atoms with Crippen LogP contribution in [0.25, 0.3) is 6.08 Å². The topological polar surface area (TPSA) is 55.8 Å². The molecule has 0 aromatic heterocycles. The summed E-state index contributed by atoms with van der Waals surface area (Å²) in [5.41, 5.74) is 1.64. The molecule has 2 aromatic carbocycles. The van der Waals surface area contributed by atoms with E-state index in [4.69, 9.17) is 32.7 Å². The molecule has 0 unspecified atom stereocenters. The standard InChI is InChI=1S/C25H25Cl2NO4S/c1-31-22-12-17(8-10-21(22)32-15-18-7-9-19(26)20(27)11-18)13-23-24(29)28(25(30)33-23)14-16-5-3-2-4-6-16/h7-13,16H,2-6,14-15H2,1H3/b23-13+. The highest BCUT2D eigenvalue weighted by Gasteiger charge is 2.36. The van der Waals surface area contributed by atoms with E-state index in [-0.39, 0.29) is 11.1 Å². The quantitative estimate of drug-likeness (QED) is 0.372. The molecular weight excluding hydrogens is 481 g/mol. The Kier molecular flexibility index (Phi) is 7.89. The Hall–Kier alpha value is -2.15. The molecule has 0 spiro atoms. The van der Waals surface area contributed by atoms with Crippen LogP contribution in [0.15, 0.2) is 41.3 Å². The first-order valence-corrected chi connectivity index (χ1v) is 12.5. The largest absolute Gasteiger partial charge is 0.493 e. The third-order valence-electron chi connectivity index (χ3n) is 5.90. The fourth-order valence-corrected chi connectivity index (χ4v) is 5.29. The average Bonchev–Trinajstić information content (AvgIpc) is 3.08. The molecule has 33 heavy (non-hydrogen) atoms. The molecule has 1 aliphatic carbocycles. The predicted octanol–water partition coefficient (Wildman–Crippen LogP) is 7.20. The number of benzene rings is 2. The van der Waals surface area contributed by atoms with Gasteiger partial charge in [0.1, 0.15) is 6.61 Å². The van der Waals surface area contributed by atoms with Crippen molar-refractivity contribution >= 4 is 52.2 Å². The predicted molar refractivity (Wildman–Crippen MR) is 133 cm³/mol. The minimum atomic E-state index is -0.213. The maximum atomic E-state index is 12.9. The second kappa shape index (κ2) is 10.9. The van der Waals surface area contributed by atoms with E-state index in [0.29, 0.717) is 45.5 Å². The van der Waals surface area contributed by atoms with Crippen molar-refractivity contribution in [3.63, 3.8) is 0 Å². The van der Waals surface area contributed by atoms with Gasteiger partial charge in [0.2, 0.25) is 0 Å². The summed E-state index contributed by atoms with van der Waals surface area (Å²) in [7, 11) is 1.56. The highest BCUT2D eigenvalue weighted by molar-refractivity contribution is 8.18. The van der Waals surface area contributed by atoms with E-state index in [1.807, 2.05) is 12.1 Å². The summed E-state index contributed by atoms with van der Waals surface area (Å²) in [5, 5.41) is 0.772. The molecule has 0 N–H and O–H groups in total. The molecule has 8 heteroatoms. The van der Waals surface area contributed by atoms with Crippen LogP contribution in [0.2, 0.25) is 10.0 Å². The van der Waals surface area contributed by atoms with Crippen LogP contribution in [-0.4, -0.2) is 29.7 Å². The van der Waals surface area contributed by atoms with Crippen molar-refractivity contribution in [1.29, 1.82) is 0 Å². The summed E-state index contributed by atoms with van der Waals surface area (Å²) in [6.07, 6.45) is 7.50. The van der Waals surface area contributed by atoms with Gasteiger partial charge >= 0.3 is 0 Å². The van der Waals surface area contributed by atoms with E-state index >= 15 is 0 Å². The van der Waals surface area contributed by atoms with Gasteiger partial charge in [-0.15, -0.1) is 0 Å². The highest BCUT2D eigenvalue weighted by Crippen LogP contribution is 2.36. The maximum absolute atomic E-state index is 12.9. The Labute approximate surface area is 208 Å². The summed E-state index contributed by atoms with van der Waals surface area (Å²) in [6, 6.07) is 10.7. The summed E-state index contributed by atoms with van der Waals surface area (Å²) >= 11 is 13.0. The van der Waals surface area contributed by atoms with Gasteiger partial charge in [-0.25, -0.2) is 0 Å². The number of carbonyl (C=O) groups is 2. The van der Waals surface area contributed by atoms with E-state index in [2.05, 4.69) is 0 Å². The smallest absolute Gasteiger partial charge is 0.293 e. The average molecular weight is 506 g/mol. The molecule has 1 saturated heterocycles. The molecule has 2 aliphatic rings. The van der Waals surface area contributed by atoms with Crippen LogP contribution in [-0.2, 0) is 11.4 Å². The fourth-order valence-electron chi connectivity index (χ4n) is 4.12. The molecule has 1 heterocycles. The number of methoxy groups -OCH3 is 1. The van der Waals surface area contributed by atoms with Crippen molar-refractivity contribution in [1.82, 2.24) is 4.90 Å². The summed E-state index contributed by atoms with van der Waals surface area (Å²) in [6.45, 7) is 0.819. The SMILES string of the molecule is COc1cc(/C=C2/SC(=O)N(CC3CCCCC3)C2=O)ccc1OCc1ccc(Cl)c(Cl)c1. The Bertz CT molecular complexity index is 1080. The summed E-state index contributed by atoms with van der Waals surface area (Å²) in [5.74, 6) is 1.30. The van der Waals surface area contributed by atoms with Crippen LogP contribution in [0.3, 0.4) is 0 Å². The van der Waals surface area contributed by atoms with Crippen LogP contribution in [0.5, 0.6) is 11.5 Å². The van der Waals surface area contributed by atoms with Gasteiger partial charge in [-0.3, -0.25) is 14.5 Å². The monoisotopic (exact) mass is 505 g/mol. The third-order valence-corrected chi connectivity index (χ3v) is 7.55. The number of thioether (sulfide) groups is 1. The van der Waals surface area contributed by atoms with Gasteiger partial charge in [0.05, 0.1) is 22.1 Å². The van der Waals surface area contributed by atoms with Crippen molar-refractivity contribution in [3.8, 4) is 11.5 Å². The van der Waals surface area contributed by atoms with Gasteiger partial charge < -0.3 is 9.47 Å². The second-order valence-corrected chi connectivity index (χ2v) is 10.1. The Morgan fingerprint density at radius 2 is 1.82 bits per heavy atom. The van der Waals surface area contributed by atoms with Gasteiger partial charge in [0.15, 0.2) is 11.5 Å². The minimum absolute atomic E-state index is 0.189. The lowest BCUT2D eigenvalue weighted by atomic mass is 9.89. The number of hydrogen-bond donors (Lipinski definition) is 0. The van der Waals surface area contributed by atoms with Gasteiger partial charge in [0.25, 0.3) is 11.1 Å². The number of rotatable bonds is 7. The van der Waals surface area contributed by atoms with Crippen molar-refractivity contribution < 1.29 is 19.1 Å². The molecule has 0 bridgehead atoms. The van der Waals surface area contributed by atoms with Crippen molar-refractivity contribution in [2.45, 2.75) is 38.7 Å². The van der Waals surface area contributed by atoms with Crippen molar-refractivity contribution in [2.75, 3.05) is 13.7 Å². The van der Waals surface area contributed by atoms with E-state index in [0.717, 1.165) is 35.7 Å². The van der Waals surface area contributed by atoms with Gasteiger partial charge in [-0.05, 0) is 72.0 Å². The molecule has 1 saturated carbocycles. The minimum Gasteiger partial charge on any atom is -0.493 e. The normalized spacial score (nSPS) is 18.3. The van der Waals surface area contributed by atoms with Crippen LogP contribution < -0.4 is 9.47 Å². The molecular formula is C25H25Cl2NO4S. The lowest BCUT2D eigenvalue weighted by molar-refractivity contribution is -0.123.